The largest absolute Gasteiger partial charge is 0.246 e. The number of aryl methyl sites for hydroxylation is 8. The first-order chi connectivity index (χ1) is 23.9. The van der Waals surface area contributed by atoms with Crippen molar-refractivity contribution in [1.82, 2.24) is 0 Å². The molecule has 0 fully saturated rings. The average Bonchev–Trinajstić information content (AvgIpc) is 3.34. The molecule has 1 aliphatic rings. The summed E-state index contributed by atoms with van der Waals surface area (Å²) in [7, 11) is 0. The van der Waals surface area contributed by atoms with Gasteiger partial charge in [0.2, 0.25) is 0 Å². The molecule has 51 heavy (non-hydrogen) atoms. The Morgan fingerprint density at radius 2 is 0.804 bits per heavy atom. The van der Waals surface area contributed by atoms with E-state index in [4.69, 9.17) is 9.98 Å². The van der Waals surface area contributed by atoms with Crippen molar-refractivity contribution < 1.29 is 20.4 Å². The molecule has 0 aliphatic heterocycles. The van der Waals surface area contributed by atoms with Gasteiger partial charge in [0.05, 0.1) is 22.8 Å². The second kappa shape index (κ2) is 14.3. The maximum Gasteiger partial charge on any atom is 0.0978 e. The van der Waals surface area contributed by atoms with Crippen molar-refractivity contribution >= 4 is 33.6 Å². The zero-order valence-electron chi connectivity index (χ0n) is 31.6. The Hall–Kier alpha value is -4.42. The SMILES string of the molecule is Cc1cc(C)c(C(C)c2cc(C)ccc2N=C2C(=Nc3ccc(C)cc3C(C)c3c(C)cc(C)cc3C)c3cccc4cccc2c34)c(C)c1.[Pd]. The molecule has 0 saturated heterocycles. The van der Waals surface area contributed by atoms with Crippen LogP contribution in [0.2, 0.25) is 0 Å². The zero-order chi connectivity index (χ0) is 35.4. The van der Waals surface area contributed by atoms with E-state index < -0.39 is 0 Å². The number of nitrogens with zero attached hydrogens (tertiary/aromatic N) is 2. The molecule has 0 heterocycles. The molecule has 1 aliphatic carbocycles. The van der Waals surface area contributed by atoms with Crippen LogP contribution in [0.4, 0.5) is 11.4 Å². The molecule has 0 aromatic heterocycles. The number of hydrogen-bond donors (Lipinski definition) is 0. The van der Waals surface area contributed by atoms with Crippen molar-refractivity contribution in [2.24, 2.45) is 9.98 Å². The van der Waals surface area contributed by atoms with Gasteiger partial charge in [-0.25, -0.2) is 9.98 Å². The van der Waals surface area contributed by atoms with Gasteiger partial charge in [-0.05, 0) is 117 Å². The Bertz CT molecular complexity index is 2180. The van der Waals surface area contributed by atoms with Gasteiger partial charge in [-0.1, -0.05) is 121 Å². The molecule has 0 saturated carbocycles. The van der Waals surface area contributed by atoms with E-state index in [9.17, 15) is 0 Å². The quantitative estimate of drug-likeness (QED) is 0.151. The summed E-state index contributed by atoms with van der Waals surface area (Å²) in [4.78, 5) is 11.2. The molecule has 260 valence electrons. The van der Waals surface area contributed by atoms with Gasteiger partial charge >= 0.3 is 0 Å². The summed E-state index contributed by atoms with van der Waals surface area (Å²) >= 11 is 0. The van der Waals surface area contributed by atoms with E-state index >= 15 is 0 Å². The molecule has 2 unspecified atom stereocenters. The Morgan fingerprint density at radius 3 is 1.18 bits per heavy atom. The van der Waals surface area contributed by atoms with Gasteiger partial charge in [-0.15, -0.1) is 0 Å². The predicted octanol–water partition coefficient (Wildman–Crippen LogP) is 12.9. The van der Waals surface area contributed by atoms with E-state index in [2.05, 4.69) is 166 Å². The minimum atomic E-state index is 0. The molecule has 0 N–H and O–H groups in total. The smallest absolute Gasteiger partial charge is 0.0978 e. The van der Waals surface area contributed by atoms with Crippen LogP contribution in [-0.4, -0.2) is 11.4 Å². The van der Waals surface area contributed by atoms with Crippen LogP contribution >= 0.6 is 0 Å². The molecule has 0 spiro atoms. The van der Waals surface area contributed by atoms with Crippen molar-refractivity contribution in [2.75, 3.05) is 0 Å². The first kappa shape index (κ1) is 36.4. The van der Waals surface area contributed by atoms with Crippen molar-refractivity contribution in [3.8, 4) is 0 Å². The van der Waals surface area contributed by atoms with Crippen LogP contribution in [0.15, 0.2) is 107 Å². The summed E-state index contributed by atoms with van der Waals surface area (Å²) in [5.41, 5.74) is 21.8. The topological polar surface area (TPSA) is 24.7 Å². The van der Waals surface area contributed by atoms with Crippen LogP contribution in [0.1, 0.15) is 104 Å². The van der Waals surface area contributed by atoms with Crippen LogP contribution < -0.4 is 0 Å². The minimum absolute atomic E-state index is 0. The van der Waals surface area contributed by atoms with E-state index in [1.165, 1.54) is 77.5 Å². The molecule has 2 nitrogen and oxygen atoms in total. The maximum absolute atomic E-state index is 5.61. The van der Waals surface area contributed by atoms with Crippen LogP contribution in [-0.2, 0) is 20.4 Å². The number of aliphatic imine (C=N–C) groups is 2. The summed E-state index contributed by atoms with van der Waals surface area (Å²) in [6, 6.07) is 35.8. The first-order valence-electron chi connectivity index (χ1n) is 18.0. The fourth-order valence-electron chi connectivity index (χ4n) is 8.76. The number of benzene rings is 6. The second-order valence-electron chi connectivity index (χ2n) is 14.8. The third kappa shape index (κ3) is 6.71. The van der Waals surface area contributed by atoms with Crippen molar-refractivity contribution in [3.05, 3.63) is 175 Å². The third-order valence-electron chi connectivity index (χ3n) is 10.7. The van der Waals surface area contributed by atoms with Gasteiger partial charge in [0, 0.05) is 48.8 Å². The Morgan fingerprint density at radius 1 is 0.431 bits per heavy atom. The number of rotatable bonds is 6. The fourth-order valence-corrected chi connectivity index (χ4v) is 8.76. The number of hydrogen-bond acceptors (Lipinski definition) is 2. The van der Waals surface area contributed by atoms with Crippen LogP contribution in [0.3, 0.4) is 0 Å². The normalized spacial score (nSPS) is 15.0. The molecular formula is C48H48N2Pd. The predicted molar refractivity (Wildman–Crippen MR) is 215 cm³/mol. The van der Waals surface area contributed by atoms with Gasteiger partial charge < -0.3 is 0 Å². The van der Waals surface area contributed by atoms with E-state index in [1.54, 1.807) is 0 Å². The summed E-state index contributed by atoms with van der Waals surface area (Å²) in [6.45, 7) is 22.4. The summed E-state index contributed by atoms with van der Waals surface area (Å²) in [5, 5.41) is 2.44. The van der Waals surface area contributed by atoms with E-state index in [-0.39, 0.29) is 32.3 Å². The Balaban J connectivity index is 0.00000448. The molecule has 0 amide bonds. The minimum Gasteiger partial charge on any atom is -0.246 e. The van der Waals surface area contributed by atoms with Gasteiger partial charge in [0.15, 0.2) is 0 Å². The van der Waals surface area contributed by atoms with Gasteiger partial charge in [-0.2, -0.15) is 0 Å². The Kier molecular flexibility index (Phi) is 10.2. The average molecular weight is 759 g/mol. The first-order valence-corrected chi connectivity index (χ1v) is 18.0. The zero-order valence-corrected chi connectivity index (χ0v) is 33.2. The molecule has 3 heteroatoms. The van der Waals surface area contributed by atoms with Crippen molar-refractivity contribution in [1.29, 1.82) is 0 Å². The Labute approximate surface area is 318 Å². The van der Waals surface area contributed by atoms with Crippen molar-refractivity contribution in [2.45, 2.75) is 81.1 Å². The van der Waals surface area contributed by atoms with E-state index in [1.807, 2.05) is 0 Å². The molecular weight excluding hydrogens is 711 g/mol. The maximum atomic E-state index is 5.61. The van der Waals surface area contributed by atoms with Gasteiger partial charge in [-0.3, -0.25) is 0 Å². The van der Waals surface area contributed by atoms with Gasteiger partial charge in [0.1, 0.15) is 0 Å². The van der Waals surface area contributed by atoms with Crippen molar-refractivity contribution in [3.63, 3.8) is 0 Å². The summed E-state index contributed by atoms with van der Waals surface area (Å²) in [6.07, 6.45) is 0. The molecule has 6 aromatic carbocycles. The summed E-state index contributed by atoms with van der Waals surface area (Å²) in [5.74, 6) is 0.362. The molecule has 0 bridgehead atoms. The monoisotopic (exact) mass is 758 g/mol. The summed E-state index contributed by atoms with van der Waals surface area (Å²) < 4.78 is 0. The van der Waals surface area contributed by atoms with E-state index in [0.717, 1.165) is 33.9 Å². The molecule has 0 radical (unpaired) electrons. The standard InChI is InChI=1S/C48H48N2.Pd/c1-27-17-19-42(40(25-27)35(9)44-31(5)21-29(3)22-32(44)6)49-47-38-15-11-13-37-14-12-16-39(46(37)38)48(47)50-43-20-18-28(2)26-41(43)36(10)45-33(7)23-30(4)24-34(45)8;/h11-26,35-36H,1-10H3;. The fraction of sp³-hybridized carbons (Fsp3) is 0.250. The molecule has 6 aromatic rings. The molecule has 7 rings (SSSR count). The van der Waals surface area contributed by atoms with Crippen LogP contribution in [0.25, 0.3) is 10.8 Å². The molecule has 2 atom stereocenters. The van der Waals surface area contributed by atoms with Crippen LogP contribution in [0.5, 0.6) is 0 Å². The third-order valence-corrected chi connectivity index (χ3v) is 10.7. The second-order valence-corrected chi connectivity index (χ2v) is 14.8. The van der Waals surface area contributed by atoms with Crippen LogP contribution in [0, 0.1) is 55.4 Å². The van der Waals surface area contributed by atoms with E-state index in [0.29, 0.717) is 0 Å². The van der Waals surface area contributed by atoms with Gasteiger partial charge in [0.25, 0.3) is 0 Å².